The van der Waals surface area contributed by atoms with E-state index in [4.69, 9.17) is 22.1 Å². The van der Waals surface area contributed by atoms with Gasteiger partial charge in [-0.3, -0.25) is 0 Å². The van der Waals surface area contributed by atoms with Crippen molar-refractivity contribution in [2.45, 2.75) is 13.0 Å². The molecule has 106 valence electrons. The number of benzene rings is 2. The molecule has 0 aliphatic rings. The summed E-state index contributed by atoms with van der Waals surface area (Å²) in [5, 5.41) is 0.508. The van der Waals surface area contributed by atoms with Crippen molar-refractivity contribution in [2.24, 2.45) is 5.73 Å². The van der Waals surface area contributed by atoms with Crippen molar-refractivity contribution in [2.75, 3.05) is 6.54 Å². The predicted octanol–water partition coefficient (Wildman–Crippen LogP) is 4.32. The maximum Gasteiger partial charge on any atom is 0.141 e. The molecule has 20 heavy (non-hydrogen) atoms. The lowest BCUT2D eigenvalue weighted by atomic mass is 10.1. The van der Waals surface area contributed by atoms with Crippen LogP contribution in [0.1, 0.15) is 11.1 Å². The van der Waals surface area contributed by atoms with Gasteiger partial charge in [0, 0.05) is 10.0 Å². The van der Waals surface area contributed by atoms with Gasteiger partial charge < -0.3 is 10.5 Å². The van der Waals surface area contributed by atoms with Crippen molar-refractivity contribution < 1.29 is 9.13 Å². The van der Waals surface area contributed by atoms with Crippen LogP contribution in [0, 0.1) is 5.82 Å². The van der Waals surface area contributed by atoms with Crippen molar-refractivity contribution in [3.8, 4) is 5.75 Å². The molecule has 0 aliphatic heterocycles. The van der Waals surface area contributed by atoms with Crippen molar-refractivity contribution in [1.29, 1.82) is 0 Å². The minimum Gasteiger partial charge on any atom is -0.487 e. The van der Waals surface area contributed by atoms with Gasteiger partial charge in [-0.2, -0.15) is 0 Å². The minimum atomic E-state index is -0.313. The second-order valence-electron chi connectivity index (χ2n) is 4.29. The minimum absolute atomic E-state index is 0.125. The second kappa shape index (κ2) is 7.07. The average molecular weight is 359 g/mol. The van der Waals surface area contributed by atoms with Crippen LogP contribution in [-0.2, 0) is 13.0 Å². The number of rotatable bonds is 5. The Kier molecular flexibility index (Phi) is 5.40. The highest BCUT2D eigenvalue weighted by molar-refractivity contribution is 9.10. The quantitative estimate of drug-likeness (QED) is 0.864. The Labute approximate surface area is 130 Å². The molecule has 0 aromatic heterocycles. The third-order valence-electron chi connectivity index (χ3n) is 2.85. The zero-order valence-electron chi connectivity index (χ0n) is 10.7. The molecule has 0 aliphatic carbocycles. The lowest BCUT2D eigenvalue weighted by molar-refractivity contribution is 0.297. The first kappa shape index (κ1) is 15.3. The van der Waals surface area contributed by atoms with Gasteiger partial charge in [-0.05, 0) is 36.7 Å². The molecule has 2 N–H and O–H groups in total. The van der Waals surface area contributed by atoms with Crippen LogP contribution in [0.25, 0.3) is 0 Å². The summed E-state index contributed by atoms with van der Waals surface area (Å²) in [6, 6.07) is 10.4. The highest BCUT2D eigenvalue weighted by Crippen LogP contribution is 2.30. The van der Waals surface area contributed by atoms with Crippen molar-refractivity contribution in [1.82, 2.24) is 0 Å². The maximum atomic E-state index is 13.7. The Morgan fingerprint density at radius 1 is 1.20 bits per heavy atom. The third kappa shape index (κ3) is 3.72. The number of hydrogen-bond acceptors (Lipinski definition) is 2. The summed E-state index contributed by atoms with van der Waals surface area (Å²) in [6.45, 7) is 0.629. The van der Waals surface area contributed by atoms with Gasteiger partial charge >= 0.3 is 0 Å². The number of ether oxygens (including phenoxy) is 1. The maximum absolute atomic E-state index is 13.7. The van der Waals surface area contributed by atoms with E-state index in [9.17, 15) is 4.39 Å². The van der Waals surface area contributed by atoms with Crippen LogP contribution >= 0.6 is 27.5 Å². The Morgan fingerprint density at radius 2 is 2.00 bits per heavy atom. The first-order valence-corrected chi connectivity index (χ1v) is 7.33. The van der Waals surface area contributed by atoms with E-state index in [1.54, 1.807) is 18.2 Å². The normalized spacial score (nSPS) is 10.6. The SMILES string of the molecule is NCCc1cccc(Cl)c1OCc1ccc(Br)cc1F. The van der Waals surface area contributed by atoms with Crippen molar-refractivity contribution >= 4 is 27.5 Å². The number of nitrogens with two attached hydrogens (primary N) is 1. The van der Waals surface area contributed by atoms with E-state index in [0.717, 1.165) is 5.56 Å². The van der Waals surface area contributed by atoms with Gasteiger partial charge in [0.1, 0.15) is 18.2 Å². The molecule has 2 nitrogen and oxygen atoms in total. The van der Waals surface area contributed by atoms with Crippen molar-refractivity contribution in [3.05, 3.63) is 62.8 Å². The van der Waals surface area contributed by atoms with Crippen LogP contribution in [0.4, 0.5) is 4.39 Å². The molecule has 0 saturated carbocycles. The fraction of sp³-hybridized carbons (Fsp3) is 0.200. The molecular weight excluding hydrogens is 345 g/mol. The standard InChI is InChI=1S/C15H14BrClFNO/c16-12-5-4-11(14(18)8-12)9-20-15-10(6-7-19)2-1-3-13(15)17/h1-5,8H,6-7,9,19H2. The Morgan fingerprint density at radius 3 is 2.70 bits per heavy atom. The molecule has 0 radical (unpaired) electrons. The first-order valence-electron chi connectivity index (χ1n) is 6.16. The summed E-state index contributed by atoms with van der Waals surface area (Å²) >= 11 is 9.35. The van der Waals surface area contributed by atoms with Crippen LogP contribution < -0.4 is 10.5 Å². The molecule has 2 aromatic rings. The molecule has 0 amide bonds. The van der Waals surface area contributed by atoms with Gasteiger partial charge in [0.2, 0.25) is 0 Å². The highest BCUT2D eigenvalue weighted by Gasteiger charge is 2.10. The fourth-order valence-electron chi connectivity index (χ4n) is 1.86. The zero-order chi connectivity index (χ0) is 14.5. The summed E-state index contributed by atoms with van der Waals surface area (Å²) in [5.41, 5.74) is 6.97. The lowest BCUT2D eigenvalue weighted by Gasteiger charge is -2.13. The van der Waals surface area contributed by atoms with Gasteiger partial charge in [0.25, 0.3) is 0 Å². The van der Waals surface area contributed by atoms with E-state index in [0.29, 0.717) is 33.8 Å². The largest absolute Gasteiger partial charge is 0.487 e. The van der Waals surface area contributed by atoms with Gasteiger partial charge in [-0.25, -0.2) is 4.39 Å². The first-order chi connectivity index (χ1) is 9.61. The third-order valence-corrected chi connectivity index (χ3v) is 3.64. The van der Waals surface area contributed by atoms with Crippen LogP contribution in [0.3, 0.4) is 0 Å². The summed E-state index contributed by atoms with van der Waals surface area (Å²) in [5.74, 6) is 0.258. The Hall–Kier alpha value is -1.10. The summed E-state index contributed by atoms with van der Waals surface area (Å²) < 4.78 is 20.1. The van der Waals surface area contributed by atoms with Gasteiger partial charge in [-0.15, -0.1) is 0 Å². The number of para-hydroxylation sites is 1. The molecule has 5 heteroatoms. The summed E-state index contributed by atoms with van der Waals surface area (Å²) in [4.78, 5) is 0. The zero-order valence-corrected chi connectivity index (χ0v) is 13.0. The highest BCUT2D eigenvalue weighted by atomic mass is 79.9. The molecule has 0 unspecified atom stereocenters. The van der Waals surface area contributed by atoms with Crippen molar-refractivity contribution in [3.63, 3.8) is 0 Å². The van der Waals surface area contributed by atoms with E-state index < -0.39 is 0 Å². The number of hydrogen-bond donors (Lipinski definition) is 1. The molecule has 2 rings (SSSR count). The fourth-order valence-corrected chi connectivity index (χ4v) is 2.44. The van der Waals surface area contributed by atoms with Gasteiger partial charge in [-0.1, -0.05) is 45.7 Å². The molecule has 0 saturated heterocycles. The van der Waals surface area contributed by atoms with E-state index >= 15 is 0 Å². The predicted molar refractivity (Wildman–Crippen MR) is 82.6 cm³/mol. The Bertz CT molecular complexity index is 606. The van der Waals surface area contributed by atoms with Gasteiger partial charge in [0.05, 0.1) is 5.02 Å². The molecule has 0 fully saturated rings. The summed E-state index contributed by atoms with van der Waals surface area (Å²) in [7, 11) is 0. The molecule has 0 heterocycles. The smallest absolute Gasteiger partial charge is 0.141 e. The van der Waals surface area contributed by atoms with E-state index in [2.05, 4.69) is 15.9 Å². The molecule has 0 bridgehead atoms. The lowest BCUT2D eigenvalue weighted by Crippen LogP contribution is -2.06. The Balaban J connectivity index is 2.18. The summed E-state index contributed by atoms with van der Waals surface area (Å²) in [6.07, 6.45) is 0.665. The van der Waals surface area contributed by atoms with Crippen LogP contribution in [0.15, 0.2) is 40.9 Å². The topological polar surface area (TPSA) is 35.2 Å². The average Bonchev–Trinajstić information content (AvgIpc) is 2.40. The van der Waals surface area contributed by atoms with Gasteiger partial charge in [0.15, 0.2) is 0 Å². The molecular formula is C15H14BrClFNO. The monoisotopic (exact) mass is 357 g/mol. The molecule has 0 atom stereocenters. The molecule has 2 aromatic carbocycles. The molecule has 0 spiro atoms. The van der Waals surface area contributed by atoms with Crippen LogP contribution in [0.2, 0.25) is 5.02 Å². The van der Waals surface area contributed by atoms with Crippen LogP contribution in [0.5, 0.6) is 5.75 Å². The van der Waals surface area contributed by atoms with Crippen LogP contribution in [-0.4, -0.2) is 6.54 Å². The second-order valence-corrected chi connectivity index (χ2v) is 5.61. The van der Waals surface area contributed by atoms with E-state index in [1.165, 1.54) is 6.07 Å². The van der Waals surface area contributed by atoms with E-state index in [1.807, 2.05) is 12.1 Å². The van der Waals surface area contributed by atoms with E-state index in [-0.39, 0.29) is 12.4 Å². The number of halogens is 3.